The third-order valence-corrected chi connectivity index (χ3v) is 9.12. The molecule has 0 aromatic heterocycles. The molecule has 7 nitrogen and oxygen atoms in total. The number of hydrogen-bond acceptors (Lipinski definition) is 6. The molecule has 0 spiro atoms. The quantitative estimate of drug-likeness (QED) is 0.121. The van der Waals surface area contributed by atoms with E-state index in [0.717, 1.165) is 34.0 Å². The van der Waals surface area contributed by atoms with E-state index in [4.69, 9.17) is 4.74 Å². The van der Waals surface area contributed by atoms with Gasteiger partial charge in [0.1, 0.15) is 6.04 Å². The lowest BCUT2D eigenvalue weighted by Crippen LogP contribution is -2.51. The summed E-state index contributed by atoms with van der Waals surface area (Å²) >= 11 is 1.61. The average Bonchev–Trinajstić information content (AvgIpc) is 3.07. The number of benzene rings is 4. The molecule has 0 aliphatic heterocycles. The van der Waals surface area contributed by atoms with Gasteiger partial charge in [0.25, 0.3) is 0 Å². The van der Waals surface area contributed by atoms with Gasteiger partial charge in [0.05, 0.1) is 13.7 Å². The van der Waals surface area contributed by atoms with E-state index in [-0.39, 0.29) is 24.4 Å². The number of anilines is 1. The fourth-order valence-electron chi connectivity index (χ4n) is 6.36. The lowest BCUT2D eigenvalue weighted by Gasteiger charge is -2.37. The molecule has 8 heteroatoms. The minimum Gasteiger partial charge on any atom is -0.467 e. The van der Waals surface area contributed by atoms with Crippen molar-refractivity contribution in [2.75, 3.05) is 37.1 Å². The number of hydrogen-bond donors (Lipinski definition) is 1. The number of amides is 2. The summed E-state index contributed by atoms with van der Waals surface area (Å²) in [6.07, 6.45) is 3.89. The maximum atomic E-state index is 13.7. The van der Waals surface area contributed by atoms with Crippen molar-refractivity contribution in [3.8, 4) is 0 Å². The van der Waals surface area contributed by atoms with Crippen LogP contribution in [0, 0.1) is 5.92 Å². The molecule has 4 aromatic rings. The van der Waals surface area contributed by atoms with Gasteiger partial charge in [0.2, 0.25) is 11.8 Å². The van der Waals surface area contributed by atoms with Gasteiger partial charge < -0.3 is 15.0 Å². The molecule has 0 aliphatic rings. The van der Waals surface area contributed by atoms with Crippen molar-refractivity contribution in [1.82, 2.24) is 10.2 Å². The summed E-state index contributed by atoms with van der Waals surface area (Å²) in [7, 11) is 1.34. The molecule has 4 aromatic carbocycles. The average molecular weight is 668 g/mol. The lowest BCUT2D eigenvalue weighted by atomic mass is 9.97. The van der Waals surface area contributed by atoms with E-state index in [2.05, 4.69) is 66.5 Å². The van der Waals surface area contributed by atoms with Crippen molar-refractivity contribution in [3.63, 3.8) is 0 Å². The number of carbonyl (C=O) groups is 3. The summed E-state index contributed by atoms with van der Waals surface area (Å²) in [5, 5.41) is 5.19. The molecule has 0 heterocycles. The van der Waals surface area contributed by atoms with E-state index in [1.807, 2.05) is 65.8 Å². The number of fused-ring (bicyclic) bond motifs is 1. The van der Waals surface area contributed by atoms with Crippen molar-refractivity contribution >= 4 is 46.0 Å². The molecule has 4 rings (SSSR count). The van der Waals surface area contributed by atoms with E-state index >= 15 is 0 Å². The van der Waals surface area contributed by atoms with Crippen LogP contribution in [0.15, 0.2) is 97.1 Å². The predicted octanol–water partition coefficient (Wildman–Crippen LogP) is 7.11. The van der Waals surface area contributed by atoms with Crippen LogP contribution in [0.1, 0.15) is 50.3 Å². The second-order valence-electron chi connectivity index (χ2n) is 12.7. The summed E-state index contributed by atoms with van der Waals surface area (Å²) in [4.78, 5) is 43.9. The van der Waals surface area contributed by atoms with Crippen LogP contribution in [0.2, 0.25) is 0 Å². The zero-order valence-corrected chi connectivity index (χ0v) is 29.7. The van der Waals surface area contributed by atoms with Crippen molar-refractivity contribution in [1.29, 1.82) is 0 Å². The van der Waals surface area contributed by atoms with Gasteiger partial charge in [-0.05, 0) is 70.7 Å². The first kappa shape index (κ1) is 36.7. The Kier molecular flexibility index (Phi) is 14.1. The highest BCUT2D eigenvalue weighted by Crippen LogP contribution is 2.29. The Morgan fingerprint density at radius 2 is 1.52 bits per heavy atom. The molecule has 0 saturated carbocycles. The van der Waals surface area contributed by atoms with Crippen LogP contribution in [-0.2, 0) is 32.1 Å². The number of carbonyl (C=O) groups excluding carboxylic acids is 3. The fourth-order valence-corrected chi connectivity index (χ4v) is 6.84. The fraction of sp³-hybridized carbons (Fsp3) is 0.375. The third kappa shape index (κ3) is 10.4. The van der Waals surface area contributed by atoms with Crippen LogP contribution in [0.4, 0.5) is 5.69 Å². The third-order valence-electron chi connectivity index (χ3n) is 8.48. The summed E-state index contributed by atoms with van der Waals surface area (Å²) in [5.74, 6) is 0.258. The summed E-state index contributed by atoms with van der Waals surface area (Å²) < 4.78 is 5.01. The predicted molar refractivity (Wildman–Crippen MR) is 198 cm³/mol. The first-order valence-electron chi connectivity index (χ1n) is 16.7. The smallest absolute Gasteiger partial charge is 0.328 e. The van der Waals surface area contributed by atoms with Gasteiger partial charge >= 0.3 is 5.97 Å². The molecule has 1 N–H and O–H groups in total. The highest BCUT2D eigenvalue weighted by atomic mass is 32.2. The summed E-state index contributed by atoms with van der Waals surface area (Å²) in [6, 6.07) is 31.9. The second kappa shape index (κ2) is 18.4. The maximum absolute atomic E-state index is 13.7. The van der Waals surface area contributed by atoms with Gasteiger partial charge in [0, 0.05) is 31.7 Å². The van der Waals surface area contributed by atoms with Gasteiger partial charge in [-0.2, -0.15) is 11.8 Å². The minimum atomic E-state index is -0.723. The van der Waals surface area contributed by atoms with Gasteiger partial charge in [-0.25, -0.2) is 4.79 Å². The van der Waals surface area contributed by atoms with E-state index in [1.54, 1.807) is 18.7 Å². The number of nitrogens with one attached hydrogen (secondary N) is 1. The van der Waals surface area contributed by atoms with Crippen molar-refractivity contribution in [2.45, 2.75) is 58.7 Å². The molecule has 0 fully saturated rings. The Labute approximate surface area is 290 Å². The van der Waals surface area contributed by atoms with Crippen LogP contribution >= 0.6 is 11.8 Å². The molecular weight excluding hydrogens is 619 g/mol. The first-order chi connectivity index (χ1) is 23.2. The Hall–Kier alpha value is -4.14. The topological polar surface area (TPSA) is 79.0 Å². The Balaban J connectivity index is 1.71. The van der Waals surface area contributed by atoms with Crippen LogP contribution in [0.5, 0.6) is 0 Å². The van der Waals surface area contributed by atoms with Crippen molar-refractivity contribution < 1.29 is 19.1 Å². The minimum absolute atomic E-state index is 0.0430. The number of para-hydroxylation sites is 1. The molecule has 0 unspecified atom stereocenters. The van der Waals surface area contributed by atoms with E-state index < -0.39 is 12.0 Å². The Morgan fingerprint density at radius 3 is 2.23 bits per heavy atom. The van der Waals surface area contributed by atoms with Crippen LogP contribution in [0.25, 0.3) is 10.8 Å². The number of nitrogens with zero attached hydrogens (tertiary/aromatic N) is 2. The summed E-state index contributed by atoms with van der Waals surface area (Å²) in [5.41, 5.74) is 4.22. The number of rotatable bonds is 17. The molecule has 48 heavy (non-hydrogen) atoms. The van der Waals surface area contributed by atoms with E-state index in [1.165, 1.54) is 12.7 Å². The maximum Gasteiger partial charge on any atom is 0.328 e. The number of methoxy groups -OCH3 is 1. The zero-order chi connectivity index (χ0) is 34.5. The van der Waals surface area contributed by atoms with E-state index in [9.17, 15) is 14.4 Å². The van der Waals surface area contributed by atoms with Crippen molar-refractivity contribution in [3.05, 3.63) is 114 Å². The molecule has 2 amide bonds. The molecule has 0 aliphatic carbocycles. The van der Waals surface area contributed by atoms with Gasteiger partial charge in [-0.1, -0.05) is 105 Å². The number of esters is 1. The SMILES string of the molecule is COC(=O)[C@H](CCSC)NC(=O)CN(Cc1cccc2ccccc12)C[C@H](CC(C)C)N(C(C)=O)c1ccccc1Cc1ccccc1. The molecular formula is C40H49N3O4S. The molecule has 0 bridgehead atoms. The lowest BCUT2D eigenvalue weighted by molar-refractivity contribution is -0.145. The first-order valence-corrected chi connectivity index (χ1v) is 18.1. The molecule has 0 saturated heterocycles. The van der Waals surface area contributed by atoms with Crippen LogP contribution in [-0.4, -0.2) is 67.0 Å². The Morgan fingerprint density at radius 1 is 0.854 bits per heavy atom. The van der Waals surface area contributed by atoms with Crippen LogP contribution in [0.3, 0.4) is 0 Å². The number of ether oxygens (including phenoxy) is 1. The van der Waals surface area contributed by atoms with Crippen molar-refractivity contribution in [2.24, 2.45) is 5.92 Å². The van der Waals surface area contributed by atoms with E-state index in [0.29, 0.717) is 37.6 Å². The second-order valence-corrected chi connectivity index (χ2v) is 13.7. The Bertz CT molecular complexity index is 1640. The zero-order valence-electron chi connectivity index (χ0n) is 28.9. The molecule has 254 valence electrons. The molecule has 2 atom stereocenters. The highest BCUT2D eigenvalue weighted by Gasteiger charge is 2.29. The van der Waals surface area contributed by atoms with Gasteiger partial charge in [-0.3, -0.25) is 14.5 Å². The highest BCUT2D eigenvalue weighted by molar-refractivity contribution is 7.98. The van der Waals surface area contributed by atoms with Gasteiger partial charge in [0.15, 0.2) is 0 Å². The molecule has 0 radical (unpaired) electrons. The van der Waals surface area contributed by atoms with Gasteiger partial charge in [-0.15, -0.1) is 0 Å². The monoisotopic (exact) mass is 667 g/mol. The number of thioether (sulfide) groups is 1. The normalized spacial score (nSPS) is 12.6. The standard InChI is InChI=1S/C40H49N3O4S/c1-29(2)24-35(43(30(3)44)38-21-12-10-17-33(38)25-31-14-7-6-8-15-31)27-42(26-34-19-13-18-32-16-9-11-20-36(32)34)28-39(45)41-37(22-23-48-5)40(46)47-4/h6-21,29,35,37H,22-28H2,1-5H3,(H,41,45)/t35-,37-/m0/s1. The summed E-state index contributed by atoms with van der Waals surface area (Å²) in [6.45, 7) is 6.96. The largest absolute Gasteiger partial charge is 0.467 e. The van der Waals surface area contributed by atoms with Crippen LogP contribution < -0.4 is 10.2 Å².